The third-order valence-corrected chi connectivity index (χ3v) is 2.49. The van der Waals surface area contributed by atoms with Crippen molar-refractivity contribution >= 4 is 5.69 Å². The van der Waals surface area contributed by atoms with Crippen molar-refractivity contribution in [3.8, 4) is 11.5 Å². The number of ether oxygens (including phenoxy) is 2. The zero-order valence-corrected chi connectivity index (χ0v) is 9.95. The zero-order chi connectivity index (χ0) is 11.4. The highest BCUT2D eigenvalue weighted by molar-refractivity contribution is 5.55. The molecule has 2 rings (SSSR count). The van der Waals surface area contributed by atoms with E-state index in [2.05, 4.69) is 5.32 Å². The minimum atomic E-state index is 0.660. The number of rotatable bonds is 6. The van der Waals surface area contributed by atoms with Gasteiger partial charge < -0.3 is 14.8 Å². The maximum Gasteiger partial charge on any atom is 0.163 e. The fourth-order valence-corrected chi connectivity index (χ4v) is 1.60. The minimum absolute atomic E-state index is 0.660. The van der Waals surface area contributed by atoms with E-state index in [1.165, 1.54) is 12.8 Å². The Kier molecular flexibility index (Phi) is 3.54. The van der Waals surface area contributed by atoms with Crippen LogP contribution in [0.3, 0.4) is 0 Å². The molecule has 1 aromatic rings. The molecule has 1 fully saturated rings. The van der Waals surface area contributed by atoms with E-state index in [4.69, 9.17) is 9.47 Å². The van der Waals surface area contributed by atoms with Gasteiger partial charge >= 0.3 is 0 Å². The topological polar surface area (TPSA) is 30.5 Å². The number of nitrogens with one attached hydrogen (secondary N) is 1. The molecule has 3 heteroatoms. The van der Waals surface area contributed by atoms with Gasteiger partial charge in [0.15, 0.2) is 11.5 Å². The van der Waals surface area contributed by atoms with Crippen molar-refractivity contribution in [2.24, 2.45) is 0 Å². The van der Waals surface area contributed by atoms with Gasteiger partial charge in [-0.25, -0.2) is 0 Å². The van der Waals surface area contributed by atoms with Gasteiger partial charge in [-0.15, -0.1) is 0 Å². The van der Waals surface area contributed by atoms with Crippen molar-refractivity contribution < 1.29 is 9.47 Å². The van der Waals surface area contributed by atoms with Gasteiger partial charge in [-0.1, -0.05) is 0 Å². The Labute approximate surface area is 96.8 Å². The number of hydrogen-bond acceptors (Lipinski definition) is 3. The van der Waals surface area contributed by atoms with E-state index < -0.39 is 0 Å². The van der Waals surface area contributed by atoms with Gasteiger partial charge in [0.05, 0.1) is 13.2 Å². The second kappa shape index (κ2) is 5.10. The van der Waals surface area contributed by atoms with Gasteiger partial charge in [-0.05, 0) is 38.8 Å². The quantitative estimate of drug-likeness (QED) is 0.800. The van der Waals surface area contributed by atoms with Crippen LogP contribution in [0.5, 0.6) is 11.5 Å². The van der Waals surface area contributed by atoms with Gasteiger partial charge in [0.2, 0.25) is 0 Å². The molecular weight excluding hydrogens is 202 g/mol. The molecule has 1 aliphatic rings. The average molecular weight is 221 g/mol. The standard InChI is InChI=1S/C13H19NO2/c1-3-15-12-8-7-11(14-10-5-6-10)9-13(12)16-4-2/h7-10,14H,3-6H2,1-2H3. The number of benzene rings is 1. The smallest absolute Gasteiger partial charge is 0.163 e. The molecule has 0 heterocycles. The summed E-state index contributed by atoms with van der Waals surface area (Å²) in [6.07, 6.45) is 2.55. The van der Waals surface area contributed by atoms with Crippen LogP contribution in [-0.4, -0.2) is 19.3 Å². The molecule has 0 amide bonds. The van der Waals surface area contributed by atoms with Crippen LogP contribution in [0, 0.1) is 0 Å². The van der Waals surface area contributed by atoms with Crippen LogP contribution in [0.2, 0.25) is 0 Å². The van der Waals surface area contributed by atoms with Gasteiger partial charge in [-0.2, -0.15) is 0 Å². The van der Waals surface area contributed by atoms with Crippen LogP contribution < -0.4 is 14.8 Å². The summed E-state index contributed by atoms with van der Waals surface area (Å²) in [4.78, 5) is 0. The Bertz CT molecular complexity index is 348. The molecule has 0 unspecified atom stereocenters. The first-order valence-electron chi connectivity index (χ1n) is 5.99. The summed E-state index contributed by atoms with van der Waals surface area (Å²) in [6.45, 7) is 5.28. The van der Waals surface area contributed by atoms with Crippen molar-refractivity contribution in [1.29, 1.82) is 0 Å². The summed E-state index contributed by atoms with van der Waals surface area (Å²) in [5.74, 6) is 1.65. The van der Waals surface area contributed by atoms with E-state index in [9.17, 15) is 0 Å². The maximum atomic E-state index is 5.57. The van der Waals surface area contributed by atoms with Gasteiger partial charge in [-0.3, -0.25) is 0 Å². The van der Waals surface area contributed by atoms with Crippen molar-refractivity contribution in [2.75, 3.05) is 18.5 Å². The summed E-state index contributed by atoms with van der Waals surface area (Å²) in [6, 6.07) is 6.70. The third kappa shape index (κ3) is 2.81. The molecule has 16 heavy (non-hydrogen) atoms. The number of anilines is 1. The predicted molar refractivity (Wildman–Crippen MR) is 65.4 cm³/mol. The molecule has 3 nitrogen and oxygen atoms in total. The normalized spacial score (nSPS) is 14.6. The van der Waals surface area contributed by atoms with Crippen LogP contribution in [-0.2, 0) is 0 Å². The van der Waals surface area contributed by atoms with E-state index in [-0.39, 0.29) is 0 Å². The molecule has 0 spiro atoms. The lowest BCUT2D eigenvalue weighted by Gasteiger charge is -2.13. The SMILES string of the molecule is CCOc1ccc(NC2CC2)cc1OCC. The first kappa shape index (κ1) is 11.1. The first-order chi connectivity index (χ1) is 7.83. The lowest BCUT2D eigenvalue weighted by Crippen LogP contribution is -2.03. The fourth-order valence-electron chi connectivity index (χ4n) is 1.60. The highest BCUT2D eigenvalue weighted by Crippen LogP contribution is 2.33. The molecular formula is C13H19NO2. The third-order valence-electron chi connectivity index (χ3n) is 2.49. The van der Waals surface area contributed by atoms with E-state index in [1.807, 2.05) is 32.0 Å². The maximum absolute atomic E-state index is 5.57. The van der Waals surface area contributed by atoms with Crippen LogP contribution in [0.15, 0.2) is 18.2 Å². The Morgan fingerprint density at radius 2 is 1.81 bits per heavy atom. The van der Waals surface area contributed by atoms with Crippen LogP contribution in [0.4, 0.5) is 5.69 Å². The van der Waals surface area contributed by atoms with Crippen LogP contribution >= 0.6 is 0 Å². The molecule has 1 aromatic carbocycles. The summed E-state index contributed by atoms with van der Waals surface area (Å²) in [5, 5.41) is 3.45. The lowest BCUT2D eigenvalue weighted by atomic mass is 10.2. The molecule has 0 aromatic heterocycles. The summed E-state index contributed by atoms with van der Waals surface area (Å²) in [7, 11) is 0. The van der Waals surface area contributed by atoms with Gasteiger partial charge in [0.25, 0.3) is 0 Å². The van der Waals surface area contributed by atoms with Crippen molar-refractivity contribution in [2.45, 2.75) is 32.7 Å². The molecule has 88 valence electrons. The Morgan fingerprint density at radius 1 is 1.12 bits per heavy atom. The van der Waals surface area contributed by atoms with Crippen molar-refractivity contribution in [3.05, 3.63) is 18.2 Å². The van der Waals surface area contributed by atoms with Crippen LogP contribution in [0.1, 0.15) is 26.7 Å². The second-order valence-corrected chi connectivity index (χ2v) is 3.95. The summed E-state index contributed by atoms with van der Waals surface area (Å²) < 4.78 is 11.1. The highest BCUT2D eigenvalue weighted by atomic mass is 16.5. The molecule has 0 aliphatic heterocycles. The molecule has 1 N–H and O–H groups in total. The largest absolute Gasteiger partial charge is 0.490 e. The van der Waals surface area contributed by atoms with E-state index >= 15 is 0 Å². The summed E-state index contributed by atoms with van der Waals surface area (Å²) >= 11 is 0. The molecule has 0 saturated heterocycles. The Morgan fingerprint density at radius 3 is 2.44 bits per heavy atom. The van der Waals surface area contributed by atoms with Crippen LogP contribution in [0.25, 0.3) is 0 Å². The predicted octanol–water partition coefficient (Wildman–Crippen LogP) is 3.06. The monoisotopic (exact) mass is 221 g/mol. The fraction of sp³-hybridized carbons (Fsp3) is 0.538. The van der Waals surface area contributed by atoms with Gasteiger partial charge in [0, 0.05) is 17.8 Å². The lowest BCUT2D eigenvalue weighted by molar-refractivity contribution is 0.288. The Hall–Kier alpha value is -1.38. The summed E-state index contributed by atoms with van der Waals surface area (Å²) in [5.41, 5.74) is 1.12. The molecule has 1 saturated carbocycles. The molecule has 1 aliphatic carbocycles. The van der Waals surface area contributed by atoms with E-state index in [0.717, 1.165) is 17.2 Å². The number of hydrogen-bond donors (Lipinski definition) is 1. The molecule has 0 radical (unpaired) electrons. The molecule has 0 bridgehead atoms. The van der Waals surface area contributed by atoms with Gasteiger partial charge in [0.1, 0.15) is 0 Å². The van der Waals surface area contributed by atoms with E-state index in [1.54, 1.807) is 0 Å². The first-order valence-corrected chi connectivity index (χ1v) is 5.99. The van der Waals surface area contributed by atoms with Crippen molar-refractivity contribution in [1.82, 2.24) is 0 Å². The molecule has 0 atom stereocenters. The Balaban J connectivity index is 2.12. The van der Waals surface area contributed by atoms with E-state index in [0.29, 0.717) is 19.3 Å². The van der Waals surface area contributed by atoms with Crippen molar-refractivity contribution in [3.63, 3.8) is 0 Å². The average Bonchev–Trinajstić information content (AvgIpc) is 3.06. The zero-order valence-electron chi connectivity index (χ0n) is 9.95. The minimum Gasteiger partial charge on any atom is -0.490 e. The highest BCUT2D eigenvalue weighted by Gasteiger charge is 2.21. The second-order valence-electron chi connectivity index (χ2n) is 3.95.